The van der Waals surface area contributed by atoms with Gasteiger partial charge in [-0.1, -0.05) is 0 Å². The van der Waals surface area contributed by atoms with Gasteiger partial charge >= 0.3 is 6.09 Å². The Labute approximate surface area is 138 Å². The molecule has 1 amide bonds. The molecular weight excluding hydrogens is 292 g/mol. The Morgan fingerprint density at radius 2 is 2.26 bits per heavy atom. The second-order valence-corrected chi connectivity index (χ2v) is 7.19. The molecule has 23 heavy (non-hydrogen) atoms. The molecule has 0 spiro atoms. The Kier molecular flexibility index (Phi) is 5.93. The van der Waals surface area contributed by atoms with E-state index in [9.17, 15) is 4.79 Å². The van der Waals surface area contributed by atoms with Gasteiger partial charge in [-0.25, -0.2) is 4.79 Å². The van der Waals surface area contributed by atoms with Gasteiger partial charge in [0.05, 0.1) is 5.69 Å². The largest absolute Gasteiger partial charge is 0.444 e. The molecule has 0 aliphatic carbocycles. The molecule has 0 bridgehead atoms. The summed E-state index contributed by atoms with van der Waals surface area (Å²) in [4.78, 5) is 22.4. The Balaban J connectivity index is 1.81. The molecule has 2 rings (SSSR count). The van der Waals surface area contributed by atoms with Crippen molar-refractivity contribution >= 4 is 6.09 Å². The summed E-state index contributed by atoms with van der Waals surface area (Å²) in [5.41, 5.74) is 0.496. The lowest BCUT2D eigenvalue weighted by molar-refractivity contribution is 0.0165. The lowest BCUT2D eigenvalue weighted by Crippen LogP contribution is -2.45. The third-order valence-electron chi connectivity index (χ3n) is 3.91. The Hall–Kier alpha value is -1.69. The van der Waals surface area contributed by atoms with E-state index < -0.39 is 5.60 Å². The Bertz CT molecular complexity index is 501. The molecule has 0 saturated carbocycles. The van der Waals surface area contributed by atoms with Gasteiger partial charge in [-0.2, -0.15) is 0 Å². The van der Waals surface area contributed by atoms with Crippen LogP contribution in [0.2, 0.25) is 0 Å². The maximum Gasteiger partial charge on any atom is 0.410 e. The number of rotatable bonds is 4. The highest BCUT2D eigenvalue weighted by molar-refractivity contribution is 5.68. The maximum absolute atomic E-state index is 12.2. The number of carbonyl (C=O) groups is 1. The number of hydrogen-bond acceptors (Lipinski definition) is 5. The molecule has 6 heteroatoms. The summed E-state index contributed by atoms with van der Waals surface area (Å²) in [5, 5.41) is 3.50. The number of aromatic nitrogens is 2. The predicted octanol–water partition coefficient (Wildman–Crippen LogP) is 2.77. The fourth-order valence-corrected chi connectivity index (χ4v) is 2.71. The zero-order valence-electron chi connectivity index (χ0n) is 14.6. The molecule has 2 heterocycles. The van der Waals surface area contributed by atoms with Crippen molar-refractivity contribution in [1.29, 1.82) is 0 Å². The highest BCUT2D eigenvalue weighted by Crippen LogP contribution is 2.19. The first-order valence-corrected chi connectivity index (χ1v) is 8.32. The van der Waals surface area contributed by atoms with Crippen LogP contribution in [0.5, 0.6) is 0 Å². The summed E-state index contributed by atoms with van der Waals surface area (Å²) in [5.74, 6) is 0.440. The fraction of sp³-hybridized carbons (Fsp3) is 0.706. The number of nitrogens with one attached hydrogen (secondary N) is 1. The number of piperidine rings is 1. The van der Waals surface area contributed by atoms with Crippen LogP contribution in [0, 0.1) is 5.92 Å². The topological polar surface area (TPSA) is 67.4 Å². The van der Waals surface area contributed by atoms with Crippen LogP contribution in [0.25, 0.3) is 0 Å². The van der Waals surface area contributed by atoms with Crippen LogP contribution in [0.15, 0.2) is 18.6 Å². The number of ether oxygens (including phenoxy) is 1. The lowest BCUT2D eigenvalue weighted by atomic mass is 9.98. The van der Waals surface area contributed by atoms with Crippen molar-refractivity contribution in [3.8, 4) is 0 Å². The lowest BCUT2D eigenvalue weighted by Gasteiger charge is -2.34. The Morgan fingerprint density at radius 3 is 2.91 bits per heavy atom. The summed E-state index contributed by atoms with van der Waals surface area (Å²) in [6.45, 7) is 10.2. The van der Waals surface area contributed by atoms with Crippen molar-refractivity contribution in [2.24, 2.45) is 5.92 Å². The van der Waals surface area contributed by atoms with Crippen LogP contribution in [0.3, 0.4) is 0 Å². The van der Waals surface area contributed by atoms with Crippen LogP contribution in [-0.4, -0.2) is 46.2 Å². The molecule has 1 saturated heterocycles. The average molecular weight is 320 g/mol. The molecule has 1 aliphatic heterocycles. The van der Waals surface area contributed by atoms with E-state index in [2.05, 4.69) is 22.2 Å². The number of nitrogens with zero attached hydrogens (tertiary/aromatic N) is 3. The van der Waals surface area contributed by atoms with Gasteiger partial charge in [0.25, 0.3) is 0 Å². The van der Waals surface area contributed by atoms with Crippen LogP contribution >= 0.6 is 0 Å². The summed E-state index contributed by atoms with van der Waals surface area (Å²) in [6.07, 6.45) is 7.11. The van der Waals surface area contributed by atoms with Crippen LogP contribution < -0.4 is 5.32 Å². The van der Waals surface area contributed by atoms with E-state index >= 15 is 0 Å². The van der Waals surface area contributed by atoms with Crippen molar-refractivity contribution in [2.45, 2.75) is 52.2 Å². The van der Waals surface area contributed by atoms with E-state index in [4.69, 9.17) is 4.74 Å². The van der Waals surface area contributed by atoms with Crippen molar-refractivity contribution in [2.75, 3.05) is 19.6 Å². The van der Waals surface area contributed by atoms with Gasteiger partial charge in [0.1, 0.15) is 5.60 Å². The van der Waals surface area contributed by atoms with Gasteiger partial charge in [-0.15, -0.1) is 0 Å². The summed E-state index contributed by atoms with van der Waals surface area (Å²) < 4.78 is 5.47. The number of hydrogen-bond donors (Lipinski definition) is 1. The minimum absolute atomic E-state index is 0.153. The molecule has 1 aliphatic rings. The first-order valence-electron chi connectivity index (χ1n) is 8.32. The fourth-order valence-electron chi connectivity index (χ4n) is 2.71. The van der Waals surface area contributed by atoms with E-state index in [-0.39, 0.29) is 12.1 Å². The van der Waals surface area contributed by atoms with Crippen molar-refractivity contribution < 1.29 is 9.53 Å². The van der Waals surface area contributed by atoms with Crippen molar-refractivity contribution in [3.63, 3.8) is 0 Å². The van der Waals surface area contributed by atoms with E-state index in [1.165, 1.54) is 0 Å². The third kappa shape index (κ3) is 5.78. The minimum atomic E-state index is -0.442. The van der Waals surface area contributed by atoms with Crippen molar-refractivity contribution in [3.05, 3.63) is 24.3 Å². The van der Waals surface area contributed by atoms with Gasteiger partial charge in [-0.3, -0.25) is 9.97 Å². The summed E-state index contributed by atoms with van der Waals surface area (Å²) in [6, 6.07) is 0.153. The normalized spacial score (nSPS) is 20.2. The average Bonchev–Trinajstić information content (AvgIpc) is 2.52. The molecule has 1 aromatic heterocycles. The highest BCUT2D eigenvalue weighted by atomic mass is 16.6. The standard InChI is InChI=1S/C17H28N4O2/c1-13(15-11-18-7-8-19-15)20-10-14-6-5-9-21(12-14)16(22)23-17(2,3)4/h7-8,11,13-14,20H,5-6,9-10,12H2,1-4H3/t13-,14+/m1/s1. The summed E-state index contributed by atoms with van der Waals surface area (Å²) >= 11 is 0. The molecule has 6 nitrogen and oxygen atoms in total. The van der Waals surface area contributed by atoms with E-state index in [1.54, 1.807) is 18.6 Å². The molecule has 0 aromatic carbocycles. The molecule has 2 atom stereocenters. The van der Waals surface area contributed by atoms with Crippen molar-refractivity contribution in [1.82, 2.24) is 20.2 Å². The number of amides is 1. The van der Waals surface area contributed by atoms with E-state index in [1.807, 2.05) is 25.7 Å². The quantitative estimate of drug-likeness (QED) is 0.924. The smallest absolute Gasteiger partial charge is 0.410 e. The molecule has 1 aromatic rings. The van der Waals surface area contributed by atoms with Crippen LogP contribution in [0.1, 0.15) is 52.3 Å². The summed E-state index contributed by atoms with van der Waals surface area (Å²) in [7, 11) is 0. The third-order valence-corrected chi connectivity index (χ3v) is 3.91. The molecule has 0 radical (unpaired) electrons. The maximum atomic E-state index is 12.2. The van der Waals surface area contributed by atoms with Gasteiger partial charge in [0, 0.05) is 44.3 Å². The van der Waals surface area contributed by atoms with Gasteiger partial charge in [0.2, 0.25) is 0 Å². The SMILES string of the molecule is C[C@@H](NC[C@@H]1CCCN(C(=O)OC(C)(C)C)C1)c1cnccn1. The first kappa shape index (κ1) is 17.7. The van der Waals surface area contributed by atoms with E-state index in [0.29, 0.717) is 5.92 Å². The van der Waals surface area contributed by atoms with Crippen LogP contribution in [-0.2, 0) is 4.74 Å². The predicted molar refractivity (Wildman–Crippen MR) is 89.0 cm³/mol. The Morgan fingerprint density at radius 1 is 1.48 bits per heavy atom. The second-order valence-electron chi connectivity index (χ2n) is 7.19. The number of likely N-dealkylation sites (tertiary alicyclic amines) is 1. The molecule has 128 valence electrons. The van der Waals surface area contributed by atoms with Gasteiger partial charge < -0.3 is 15.0 Å². The van der Waals surface area contributed by atoms with E-state index in [0.717, 1.165) is 38.2 Å². The minimum Gasteiger partial charge on any atom is -0.444 e. The highest BCUT2D eigenvalue weighted by Gasteiger charge is 2.27. The second kappa shape index (κ2) is 7.73. The monoisotopic (exact) mass is 320 g/mol. The molecule has 1 fully saturated rings. The van der Waals surface area contributed by atoms with Gasteiger partial charge in [0.15, 0.2) is 0 Å². The molecular formula is C17H28N4O2. The van der Waals surface area contributed by atoms with Crippen LogP contribution in [0.4, 0.5) is 4.79 Å². The first-order chi connectivity index (χ1) is 10.8. The zero-order valence-corrected chi connectivity index (χ0v) is 14.6. The number of carbonyl (C=O) groups excluding carboxylic acids is 1. The zero-order chi connectivity index (χ0) is 16.9. The molecule has 1 N–H and O–H groups in total. The molecule has 0 unspecified atom stereocenters. The van der Waals surface area contributed by atoms with Gasteiger partial charge in [-0.05, 0) is 46.5 Å².